The van der Waals surface area contributed by atoms with Gasteiger partial charge in [0.15, 0.2) is 0 Å². The molecule has 3 atom stereocenters. The number of nitrogens with two attached hydrogens (primary N) is 1. The number of methoxy groups -OCH3 is 1. The topological polar surface area (TPSA) is 87.8 Å². The number of fused-ring (bicyclic) bond motifs is 2. The van der Waals surface area contributed by atoms with E-state index in [1.54, 1.807) is 0 Å². The van der Waals surface area contributed by atoms with E-state index in [1.807, 2.05) is 48.5 Å². The van der Waals surface area contributed by atoms with Gasteiger partial charge in [-0.05, 0) is 53.3 Å². The molecule has 0 saturated heterocycles. The largest absolute Gasteiger partial charge is 0.492 e. The molecule has 7 heteroatoms. The lowest BCUT2D eigenvalue weighted by Crippen LogP contribution is -2.09. The quantitative estimate of drug-likeness (QED) is 0.546. The molecule has 33 heavy (non-hydrogen) atoms. The van der Waals surface area contributed by atoms with Crippen molar-refractivity contribution in [2.24, 2.45) is 5.14 Å². The summed E-state index contributed by atoms with van der Waals surface area (Å²) in [6.07, 6.45) is 2.08. The van der Waals surface area contributed by atoms with E-state index in [2.05, 4.69) is 12.1 Å². The van der Waals surface area contributed by atoms with E-state index in [0.717, 1.165) is 41.0 Å². The molecule has 3 aromatic carbocycles. The third-order valence-electron chi connectivity index (χ3n) is 6.40. The van der Waals surface area contributed by atoms with Gasteiger partial charge in [-0.1, -0.05) is 36.4 Å². The van der Waals surface area contributed by atoms with Crippen LogP contribution in [0.25, 0.3) is 11.1 Å². The minimum absolute atomic E-state index is 0.0133. The third kappa shape index (κ3) is 4.26. The molecule has 5 rings (SSSR count). The number of benzene rings is 3. The first-order valence-electron chi connectivity index (χ1n) is 10.9. The van der Waals surface area contributed by atoms with Crippen molar-refractivity contribution >= 4 is 17.0 Å². The Labute approximate surface area is 195 Å². The highest BCUT2D eigenvalue weighted by atomic mass is 32.2. The Morgan fingerprint density at radius 1 is 1.12 bits per heavy atom. The van der Waals surface area contributed by atoms with Crippen LogP contribution in [0.1, 0.15) is 41.6 Å². The highest BCUT2D eigenvalue weighted by molar-refractivity contribution is 7.82. The SMILES string of the molecule is COC(=O)C[C@@H]1COc2cc(O[C@@H]3CCc4c(-c5ccc(S(N)=O)cc5)cccc43)ccc21. The highest BCUT2D eigenvalue weighted by Gasteiger charge is 2.29. The fourth-order valence-corrected chi connectivity index (χ4v) is 5.13. The van der Waals surface area contributed by atoms with Crippen LogP contribution in [0, 0.1) is 0 Å². The van der Waals surface area contributed by atoms with E-state index >= 15 is 0 Å². The summed E-state index contributed by atoms with van der Waals surface area (Å²) < 4.78 is 28.5. The first kappa shape index (κ1) is 21.7. The third-order valence-corrected chi connectivity index (χ3v) is 7.13. The molecule has 0 radical (unpaired) electrons. The van der Waals surface area contributed by atoms with Crippen molar-refractivity contribution in [1.82, 2.24) is 0 Å². The van der Waals surface area contributed by atoms with Crippen molar-refractivity contribution in [2.75, 3.05) is 13.7 Å². The molecular formula is C26H25NO5S. The van der Waals surface area contributed by atoms with Crippen LogP contribution in [0.5, 0.6) is 11.5 Å². The Bertz CT molecular complexity index is 1220. The van der Waals surface area contributed by atoms with Crippen LogP contribution in [0.15, 0.2) is 65.6 Å². The molecule has 1 aliphatic carbocycles. The zero-order chi connectivity index (χ0) is 22.9. The second-order valence-corrected chi connectivity index (χ2v) is 9.39. The summed E-state index contributed by atoms with van der Waals surface area (Å²) in [4.78, 5) is 12.3. The Morgan fingerprint density at radius 2 is 1.94 bits per heavy atom. The molecule has 2 N–H and O–H groups in total. The van der Waals surface area contributed by atoms with E-state index in [1.165, 1.54) is 18.2 Å². The van der Waals surface area contributed by atoms with Crippen molar-refractivity contribution in [1.29, 1.82) is 0 Å². The van der Waals surface area contributed by atoms with Gasteiger partial charge in [0.25, 0.3) is 0 Å². The van der Waals surface area contributed by atoms with Gasteiger partial charge in [-0.2, -0.15) is 0 Å². The van der Waals surface area contributed by atoms with Gasteiger partial charge in [0.2, 0.25) is 0 Å². The molecule has 3 aromatic rings. The number of hydrogen-bond acceptors (Lipinski definition) is 5. The van der Waals surface area contributed by atoms with Gasteiger partial charge < -0.3 is 14.2 Å². The van der Waals surface area contributed by atoms with Crippen molar-refractivity contribution in [3.05, 3.63) is 77.4 Å². The van der Waals surface area contributed by atoms with Gasteiger partial charge in [0.05, 0.1) is 25.0 Å². The molecule has 1 heterocycles. The van der Waals surface area contributed by atoms with E-state index in [4.69, 9.17) is 19.3 Å². The minimum Gasteiger partial charge on any atom is -0.492 e. The minimum atomic E-state index is -1.48. The molecule has 6 nitrogen and oxygen atoms in total. The van der Waals surface area contributed by atoms with Gasteiger partial charge in [-0.15, -0.1) is 0 Å². The Balaban J connectivity index is 1.35. The van der Waals surface area contributed by atoms with Crippen molar-refractivity contribution < 1.29 is 23.2 Å². The van der Waals surface area contributed by atoms with Crippen LogP contribution in [0.2, 0.25) is 0 Å². The molecule has 1 unspecified atom stereocenters. The maximum atomic E-state index is 11.6. The summed E-state index contributed by atoms with van der Waals surface area (Å²) in [5.41, 5.74) is 5.72. The molecular weight excluding hydrogens is 438 g/mol. The zero-order valence-corrected chi connectivity index (χ0v) is 19.1. The molecule has 1 aliphatic heterocycles. The maximum absolute atomic E-state index is 11.6. The predicted molar refractivity (Wildman–Crippen MR) is 125 cm³/mol. The second-order valence-electron chi connectivity index (χ2n) is 8.33. The fourth-order valence-electron chi connectivity index (χ4n) is 4.73. The average Bonchev–Trinajstić information content (AvgIpc) is 3.43. The van der Waals surface area contributed by atoms with Crippen LogP contribution in [0.3, 0.4) is 0 Å². The smallest absolute Gasteiger partial charge is 0.306 e. The number of carbonyl (C=O) groups excluding carboxylic acids is 1. The van der Waals surface area contributed by atoms with Gasteiger partial charge in [-0.3, -0.25) is 4.79 Å². The zero-order valence-electron chi connectivity index (χ0n) is 18.3. The molecule has 0 aromatic heterocycles. The Morgan fingerprint density at radius 3 is 2.70 bits per heavy atom. The monoisotopic (exact) mass is 463 g/mol. The van der Waals surface area contributed by atoms with Crippen LogP contribution >= 0.6 is 0 Å². The number of ether oxygens (including phenoxy) is 3. The van der Waals surface area contributed by atoms with Crippen LogP contribution in [-0.4, -0.2) is 23.9 Å². The molecule has 2 aliphatic rings. The predicted octanol–water partition coefficient (Wildman–Crippen LogP) is 4.44. The second kappa shape index (κ2) is 9.00. The van der Waals surface area contributed by atoms with E-state index in [-0.39, 0.29) is 18.0 Å². The molecule has 0 bridgehead atoms. The van der Waals surface area contributed by atoms with Crippen molar-refractivity contribution in [2.45, 2.75) is 36.2 Å². The van der Waals surface area contributed by atoms with Gasteiger partial charge >= 0.3 is 5.97 Å². The maximum Gasteiger partial charge on any atom is 0.306 e. The van der Waals surface area contributed by atoms with Crippen LogP contribution in [-0.2, 0) is 26.9 Å². The van der Waals surface area contributed by atoms with Crippen LogP contribution in [0.4, 0.5) is 0 Å². The van der Waals surface area contributed by atoms with Gasteiger partial charge in [0, 0.05) is 17.5 Å². The Kier molecular flexibility index (Phi) is 5.91. The summed E-state index contributed by atoms with van der Waals surface area (Å²) in [7, 11) is -0.0795. The standard InChI is InChI=1S/C26H25NO5S/c1-30-26(28)13-17-15-31-25-14-18(7-10-21(17)25)32-24-12-11-22-20(3-2-4-23(22)24)16-5-8-19(9-6-16)33(27)29/h2-10,14,17,24H,11-13,15,27H2,1H3/t17-,24-,33?/m1/s1. The average molecular weight is 464 g/mol. The lowest BCUT2D eigenvalue weighted by Gasteiger charge is -2.17. The summed E-state index contributed by atoms with van der Waals surface area (Å²) in [5.74, 6) is 1.30. The van der Waals surface area contributed by atoms with Gasteiger partial charge in [0.1, 0.15) is 28.6 Å². The van der Waals surface area contributed by atoms with Crippen molar-refractivity contribution in [3.8, 4) is 22.6 Å². The van der Waals surface area contributed by atoms with Gasteiger partial charge in [-0.25, -0.2) is 9.35 Å². The summed E-state index contributed by atoms with van der Waals surface area (Å²) in [5, 5.41) is 5.48. The molecule has 0 amide bonds. The molecule has 0 fully saturated rings. The number of rotatable bonds is 6. The molecule has 0 saturated carbocycles. The summed E-state index contributed by atoms with van der Waals surface area (Å²) in [6.45, 7) is 0.472. The summed E-state index contributed by atoms with van der Waals surface area (Å²) >= 11 is 0. The van der Waals surface area contributed by atoms with E-state index < -0.39 is 11.0 Å². The van der Waals surface area contributed by atoms with Crippen LogP contribution < -0.4 is 14.6 Å². The molecule has 170 valence electrons. The Hall–Kier alpha value is -3.16. The summed E-state index contributed by atoms with van der Waals surface area (Å²) in [6, 6.07) is 19.7. The normalized spacial score (nSPS) is 19.3. The lowest BCUT2D eigenvalue weighted by atomic mass is 9.97. The first-order valence-corrected chi connectivity index (χ1v) is 12.1. The van der Waals surface area contributed by atoms with E-state index in [0.29, 0.717) is 17.9 Å². The highest BCUT2D eigenvalue weighted by Crippen LogP contribution is 2.43. The fraction of sp³-hybridized carbons (Fsp3) is 0.269. The van der Waals surface area contributed by atoms with E-state index in [9.17, 15) is 9.00 Å². The van der Waals surface area contributed by atoms with Crippen molar-refractivity contribution in [3.63, 3.8) is 0 Å². The first-order chi connectivity index (χ1) is 16.0. The number of hydrogen-bond donors (Lipinski definition) is 1. The number of esters is 1. The molecule has 0 spiro atoms. The number of carbonyl (C=O) groups is 1. The lowest BCUT2D eigenvalue weighted by molar-refractivity contribution is -0.141.